The second-order valence-corrected chi connectivity index (χ2v) is 10.7. The summed E-state index contributed by atoms with van der Waals surface area (Å²) in [5.41, 5.74) is 5.75. The summed E-state index contributed by atoms with van der Waals surface area (Å²) >= 11 is 0. The molecule has 0 aliphatic heterocycles. The van der Waals surface area contributed by atoms with E-state index in [1.165, 1.54) is 48.8 Å². The average Bonchev–Trinajstić information content (AvgIpc) is 3.04. The molecule has 0 aromatic heterocycles. The molecular weight excluding hydrogens is 496 g/mol. The molecule has 0 spiro atoms. The summed E-state index contributed by atoms with van der Waals surface area (Å²) in [6.07, 6.45) is 0. The summed E-state index contributed by atoms with van der Waals surface area (Å²) in [5.74, 6) is 0. The molecule has 0 saturated heterocycles. The van der Waals surface area contributed by atoms with E-state index in [9.17, 15) is 0 Å². The lowest BCUT2D eigenvalue weighted by Crippen LogP contribution is -2.12. The molecule has 8 aromatic carbocycles. The zero-order chi connectivity index (χ0) is 27.3. The predicted octanol–water partition coefficient (Wildman–Crippen LogP) is 11.0. The van der Waals surface area contributed by atoms with E-state index in [1.54, 1.807) is 0 Å². The van der Waals surface area contributed by atoms with Crippen LogP contribution in [0, 0.1) is 0 Å². The lowest BCUT2D eigenvalue weighted by molar-refractivity contribution is 1.21. The van der Waals surface area contributed by atoms with E-state index in [0.717, 1.165) is 22.7 Å². The van der Waals surface area contributed by atoms with E-state index in [2.05, 4.69) is 169 Å². The summed E-state index contributed by atoms with van der Waals surface area (Å²) in [6, 6.07) is 54.6. The second-order valence-electron chi connectivity index (χ2n) is 10.7. The van der Waals surface area contributed by atoms with Crippen molar-refractivity contribution in [2.24, 2.45) is 0 Å². The minimum Gasteiger partial charge on any atom is -0.344 e. The standard InChI is InChI=1S/C39H28N2/c1-40(28-21-23-31(24-22-28)41(29-13-4-2-5-14-29)30-15-6-3-7-16-30)37-26-25-35-33-18-9-12-27-11-8-17-32(38(27)33)34-19-10-20-36(37)39(34)35/h2-26H,1H3. The molecule has 0 aliphatic rings. The van der Waals surface area contributed by atoms with Gasteiger partial charge in [0, 0.05) is 40.9 Å². The number of rotatable bonds is 5. The molecule has 2 nitrogen and oxygen atoms in total. The van der Waals surface area contributed by atoms with Gasteiger partial charge in [-0.15, -0.1) is 0 Å². The van der Waals surface area contributed by atoms with Crippen molar-refractivity contribution in [1.82, 2.24) is 0 Å². The SMILES string of the molecule is CN(c1ccc(N(c2ccccc2)c2ccccc2)cc1)c1ccc2c3cccc4cccc(c5cccc1c52)c43. The number of hydrogen-bond donors (Lipinski definition) is 0. The third-order valence-corrected chi connectivity index (χ3v) is 8.39. The highest BCUT2D eigenvalue weighted by Crippen LogP contribution is 2.44. The number of hydrogen-bond acceptors (Lipinski definition) is 2. The first-order valence-electron chi connectivity index (χ1n) is 14.1. The highest BCUT2D eigenvalue weighted by Gasteiger charge is 2.17. The maximum atomic E-state index is 2.31. The molecule has 8 aromatic rings. The van der Waals surface area contributed by atoms with Crippen molar-refractivity contribution in [3.63, 3.8) is 0 Å². The minimum atomic E-state index is 1.13. The minimum absolute atomic E-state index is 1.13. The van der Waals surface area contributed by atoms with Crippen molar-refractivity contribution in [2.45, 2.75) is 0 Å². The van der Waals surface area contributed by atoms with Gasteiger partial charge < -0.3 is 9.80 Å². The maximum absolute atomic E-state index is 2.31. The van der Waals surface area contributed by atoms with Crippen molar-refractivity contribution >= 4 is 71.5 Å². The van der Waals surface area contributed by atoms with Gasteiger partial charge in [-0.25, -0.2) is 0 Å². The fraction of sp³-hybridized carbons (Fsp3) is 0.0256. The Morgan fingerprint density at radius 1 is 0.341 bits per heavy atom. The summed E-state index contributed by atoms with van der Waals surface area (Å²) in [4.78, 5) is 4.60. The van der Waals surface area contributed by atoms with Crippen molar-refractivity contribution < 1.29 is 0 Å². The zero-order valence-corrected chi connectivity index (χ0v) is 22.8. The largest absolute Gasteiger partial charge is 0.344 e. The van der Waals surface area contributed by atoms with Crippen LogP contribution < -0.4 is 9.80 Å². The topological polar surface area (TPSA) is 6.48 Å². The highest BCUT2D eigenvalue weighted by molar-refractivity contribution is 6.34. The van der Waals surface area contributed by atoms with Crippen LogP contribution in [0.15, 0.2) is 152 Å². The van der Waals surface area contributed by atoms with Crippen LogP contribution in [0.5, 0.6) is 0 Å². The Bertz CT molecular complexity index is 2060. The van der Waals surface area contributed by atoms with Gasteiger partial charge in [0.05, 0.1) is 0 Å². The van der Waals surface area contributed by atoms with Crippen LogP contribution in [0.4, 0.5) is 28.4 Å². The molecule has 0 atom stereocenters. The van der Waals surface area contributed by atoms with Gasteiger partial charge in [0.1, 0.15) is 0 Å². The Kier molecular flexibility index (Phi) is 5.39. The molecule has 0 heterocycles. The van der Waals surface area contributed by atoms with Gasteiger partial charge in [0.25, 0.3) is 0 Å². The van der Waals surface area contributed by atoms with E-state index in [-0.39, 0.29) is 0 Å². The molecule has 41 heavy (non-hydrogen) atoms. The van der Waals surface area contributed by atoms with Crippen LogP contribution in [0.3, 0.4) is 0 Å². The predicted molar refractivity (Wildman–Crippen MR) is 177 cm³/mol. The molecule has 0 saturated carbocycles. The van der Waals surface area contributed by atoms with Gasteiger partial charge in [0.15, 0.2) is 0 Å². The maximum Gasteiger partial charge on any atom is 0.0488 e. The van der Waals surface area contributed by atoms with E-state index < -0.39 is 0 Å². The van der Waals surface area contributed by atoms with Gasteiger partial charge >= 0.3 is 0 Å². The van der Waals surface area contributed by atoms with Gasteiger partial charge in [-0.1, -0.05) is 97.1 Å². The molecule has 0 aliphatic carbocycles. The lowest BCUT2D eigenvalue weighted by atomic mass is 9.89. The molecule has 0 unspecified atom stereocenters. The molecule has 0 bridgehead atoms. The lowest BCUT2D eigenvalue weighted by Gasteiger charge is -2.27. The molecule has 8 rings (SSSR count). The third kappa shape index (κ3) is 3.72. The average molecular weight is 525 g/mol. The van der Waals surface area contributed by atoms with E-state index in [0.29, 0.717) is 0 Å². The molecular formula is C39H28N2. The molecule has 0 amide bonds. The summed E-state index contributed by atoms with van der Waals surface area (Å²) in [6.45, 7) is 0. The van der Waals surface area contributed by atoms with E-state index >= 15 is 0 Å². The Balaban J connectivity index is 1.25. The Morgan fingerprint density at radius 2 is 0.805 bits per heavy atom. The number of nitrogens with zero attached hydrogens (tertiary/aromatic N) is 2. The first kappa shape index (κ1) is 23.5. The number of anilines is 5. The van der Waals surface area contributed by atoms with Gasteiger partial charge in [0.2, 0.25) is 0 Å². The second kappa shape index (κ2) is 9.39. The van der Waals surface area contributed by atoms with Gasteiger partial charge in [-0.3, -0.25) is 0 Å². The molecule has 0 N–H and O–H groups in total. The molecule has 2 heteroatoms. The van der Waals surface area contributed by atoms with Gasteiger partial charge in [-0.05, 0) is 92.3 Å². The van der Waals surface area contributed by atoms with Crippen LogP contribution in [-0.2, 0) is 0 Å². The first-order chi connectivity index (χ1) is 20.3. The van der Waals surface area contributed by atoms with Crippen LogP contribution in [0.2, 0.25) is 0 Å². The summed E-state index contributed by atoms with van der Waals surface area (Å²) < 4.78 is 0. The molecule has 194 valence electrons. The Labute approximate surface area is 239 Å². The van der Waals surface area contributed by atoms with E-state index in [4.69, 9.17) is 0 Å². The number of benzene rings is 8. The third-order valence-electron chi connectivity index (χ3n) is 8.39. The fourth-order valence-corrected chi connectivity index (χ4v) is 6.49. The van der Waals surface area contributed by atoms with Crippen molar-refractivity contribution in [3.8, 4) is 0 Å². The van der Waals surface area contributed by atoms with Gasteiger partial charge in [-0.2, -0.15) is 0 Å². The molecule has 0 fully saturated rings. The normalized spacial score (nSPS) is 11.5. The number of para-hydroxylation sites is 2. The Morgan fingerprint density at radius 3 is 1.41 bits per heavy atom. The number of fused-ring (bicyclic) bond motifs is 2. The van der Waals surface area contributed by atoms with Crippen LogP contribution in [0.25, 0.3) is 43.1 Å². The van der Waals surface area contributed by atoms with Crippen molar-refractivity contribution in [1.29, 1.82) is 0 Å². The summed E-state index contributed by atoms with van der Waals surface area (Å²) in [7, 11) is 2.17. The van der Waals surface area contributed by atoms with E-state index in [1.807, 2.05) is 0 Å². The Hall–Kier alpha value is -5.34. The smallest absolute Gasteiger partial charge is 0.0488 e. The summed E-state index contributed by atoms with van der Waals surface area (Å²) in [5, 5.41) is 10.5. The monoisotopic (exact) mass is 524 g/mol. The quantitative estimate of drug-likeness (QED) is 0.163. The highest BCUT2D eigenvalue weighted by atomic mass is 15.1. The van der Waals surface area contributed by atoms with Crippen LogP contribution in [-0.4, -0.2) is 7.05 Å². The zero-order valence-electron chi connectivity index (χ0n) is 22.8. The molecule has 0 radical (unpaired) electrons. The fourth-order valence-electron chi connectivity index (χ4n) is 6.49. The van der Waals surface area contributed by atoms with Crippen LogP contribution >= 0.6 is 0 Å². The van der Waals surface area contributed by atoms with Crippen LogP contribution in [0.1, 0.15) is 0 Å². The first-order valence-corrected chi connectivity index (χ1v) is 14.1. The van der Waals surface area contributed by atoms with Crippen molar-refractivity contribution in [2.75, 3.05) is 16.8 Å². The van der Waals surface area contributed by atoms with Crippen molar-refractivity contribution in [3.05, 3.63) is 152 Å².